The molecular weight excluding hydrogens is 276 g/mol. The molecular formula is C14H20N2O3S. The van der Waals surface area contributed by atoms with Gasteiger partial charge in [0.2, 0.25) is 5.91 Å². The van der Waals surface area contributed by atoms with Crippen LogP contribution in [0.3, 0.4) is 0 Å². The molecule has 6 heteroatoms. The van der Waals surface area contributed by atoms with E-state index in [0.717, 1.165) is 11.4 Å². The molecule has 5 nitrogen and oxygen atoms in total. The number of carboxylic acid groups (broad SMARTS) is 1. The number of carbonyl (C=O) groups is 2. The van der Waals surface area contributed by atoms with Crippen LogP contribution in [0.15, 0.2) is 11.6 Å². The minimum atomic E-state index is -0.858. The first-order valence-electron chi connectivity index (χ1n) is 6.95. The number of hydrogen-bond acceptors (Lipinski definition) is 4. The Morgan fingerprint density at radius 2 is 2.20 bits per heavy atom. The summed E-state index contributed by atoms with van der Waals surface area (Å²) in [5, 5.41) is 14.9. The molecule has 4 unspecified atom stereocenters. The monoisotopic (exact) mass is 296 g/mol. The predicted octanol–water partition coefficient (Wildman–Crippen LogP) is 2.46. The van der Waals surface area contributed by atoms with Crippen molar-refractivity contribution in [3.8, 4) is 0 Å². The van der Waals surface area contributed by atoms with Gasteiger partial charge in [-0.15, -0.1) is 11.3 Å². The Bertz CT molecular complexity index is 475. The summed E-state index contributed by atoms with van der Waals surface area (Å²) in [4.78, 5) is 27.8. The number of nitrogens with one attached hydrogen (secondary N) is 1. The summed E-state index contributed by atoms with van der Waals surface area (Å²) in [5.74, 6) is -1.65. The van der Waals surface area contributed by atoms with Gasteiger partial charge in [-0.05, 0) is 25.7 Å². The van der Waals surface area contributed by atoms with Crippen molar-refractivity contribution in [1.82, 2.24) is 10.3 Å². The van der Waals surface area contributed by atoms with Crippen molar-refractivity contribution in [2.24, 2.45) is 17.8 Å². The zero-order valence-electron chi connectivity index (χ0n) is 11.7. The third-order valence-electron chi connectivity index (χ3n) is 4.07. The number of amides is 1. The molecule has 110 valence electrons. The van der Waals surface area contributed by atoms with Crippen molar-refractivity contribution in [1.29, 1.82) is 0 Å². The number of nitrogens with zero attached hydrogens (tertiary/aromatic N) is 1. The van der Waals surface area contributed by atoms with Crippen molar-refractivity contribution in [2.45, 2.75) is 39.2 Å². The fourth-order valence-electron chi connectivity index (χ4n) is 2.87. The van der Waals surface area contributed by atoms with Crippen molar-refractivity contribution >= 4 is 23.2 Å². The number of aromatic nitrogens is 1. The average molecular weight is 296 g/mol. The van der Waals surface area contributed by atoms with E-state index in [9.17, 15) is 14.7 Å². The van der Waals surface area contributed by atoms with Crippen LogP contribution < -0.4 is 5.32 Å². The van der Waals surface area contributed by atoms with Crippen molar-refractivity contribution in [2.75, 3.05) is 0 Å². The zero-order chi connectivity index (χ0) is 14.7. The number of rotatable bonds is 5. The highest BCUT2D eigenvalue weighted by Gasteiger charge is 2.42. The van der Waals surface area contributed by atoms with E-state index in [2.05, 4.69) is 10.3 Å². The lowest BCUT2D eigenvalue weighted by molar-refractivity contribution is -0.146. The van der Waals surface area contributed by atoms with Gasteiger partial charge in [0.15, 0.2) is 0 Å². The van der Waals surface area contributed by atoms with Crippen molar-refractivity contribution in [3.05, 3.63) is 16.6 Å². The fourth-order valence-corrected chi connectivity index (χ4v) is 3.52. The smallest absolute Gasteiger partial charge is 0.307 e. The Labute approximate surface area is 122 Å². The van der Waals surface area contributed by atoms with Crippen LogP contribution in [0.5, 0.6) is 0 Å². The summed E-state index contributed by atoms with van der Waals surface area (Å²) >= 11 is 1.49. The molecule has 4 atom stereocenters. The summed E-state index contributed by atoms with van der Waals surface area (Å²) < 4.78 is 0. The molecule has 1 fully saturated rings. The van der Waals surface area contributed by atoms with E-state index < -0.39 is 17.8 Å². The molecule has 1 aliphatic carbocycles. The molecule has 0 bridgehead atoms. The molecule has 0 aliphatic heterocycles. The second-order valence-electron chi connectivity index (χ2n) is 5.40. The molecule has 2 rings (SSSR count). The van der Waals surface area contributed by atoms with Crippen LogP contribution in [0.2, 0.25) is 0 Å². The number of aliphatic carboxylic acids is 1. The van der Waals surface area contributed by atoms with Gasteiger partial charge in [-0.3, -0.25) is 9.59 Å². The minimum absolute atomic E-state index is 0.156. The number of thiazole rings is 1. The fraction of sp³-hybridized carbons (Fsp3) is 0.643. The minimum Gasteiger partial charge on any atom is -0.481 e. The van der Waals surface area contributed by atoms with E-state index in [0.29, 0.717) is 18.8 Å². The standard InChI is InChI=1S/C14H20N2O3S/c1-3-9-6-10(11(7-9)14(18)19)12(17)16-8(2)13-15-4-5-20-13/h4-5,8-11H,3,6-7H2,1-2H3,(H,16,17)(H,18,19). The van der Waals surface area contributed by atoms with Gasteiger partial charge in [-0.25, -0.2) is 4.98 Å². The molecule has 1 aromatic heterocycles. The van der Waals surface area contributed by atoms with Crippen molar-refractivity contribution < 1.29 is 14.7 Å². The van der Waals surface area contributed by atoms with Crippen molar-refractivity contribution in [3.63, 3.8) is 0 Å². The van der Waals surface area contributed by atoms with E-state index in [-0.39, 0.29) is 11.9 Å². The lowest BCUT2D eigenvalue weighted by atomic mass is 9.95. The Morgan fingerprint density at radius 3 is 2.75 bits per heavy atom. The van der Waals surface area contributed by atoms with E-state index in [1.807, 2.05) is 19.2 Å². The van der Waals surface area contributed by atoms with E-state index in [1.165, 1.54) is 11.3 Å². The molecule has 1 heterocycles. The second kappa shape index (κ2) is 6.35. The van der Waals surface area contributed by atoms with Gasteiger partial charge < -0.3 is 10.4 Å². The van der Waals surface area contributed by atoms with Crippen LogP contribution in [-0.2, 0) is 9.59 Å². The molecule has 1 aromatic rings. The van der Waals surface area contributed by atoms with Gasteiger partial charge in [0.05, 0.1) is 17.9 Å². The highest BCUT2D eigenvalue weighted by Crippen LogP contribution is 2.38. The van der Waals surface area contributed by atoms with Crippen LogP contribution in [0.25, 0.3) is 0 Å². The predicted molar refractivity (Wildman–Crippen MR) is 76.3 cm³/mol. The lowest BCUT2D eigenvalue weighted by Gasteiger charge is -2.18. The Morgan fingerprint density at radius 1 is 1.50 bits per heavy atom. The quantitative estimate of drug-likeness (QED) is 0.874. The third-order valence-corrected chi connectivity index (χ3v) is 5.03. The summed E-state index contributed by atoms with van der Waals surface area (Å²) in [6.07, 6.45) is 3.90. The van der Waals surface area contributed by atoms with Crippen LogP contribution in [0, 0.1) is 17.8 Å². The first-order chi connectivity index (χ1) is 9.52. The van der Waals surface area contributed by atoms with Gasteiger partial charge >= 0.3 is 5.97 Å². The molecule has 20 heavy (non-hydrogen) atoms. The van der Waals surface area contributed by atoms with Crippen LogP contribution >= 0.6 is 11.3 Å². The molecule has 2 N–H and O–H groups in total. The summed E-state index contributed by atoms with van der Waals surface area (Å²) in [7, 11) is 0. The van der Waals surface area contributed by atoms with E-state index in [1.54, 1.807) is 6.20 Å². The summed E-state index contributed by atoms with van der Waals surface area (Å²) in [5.41, 5.74) is 0. The maximum absolute atomic E-state index is 12.3. The number of carbonyl (C=O) groups excluding carboxylic acids is 1. The van der Waals surface area contributed by atoms with Gasteiger partial charge in [0.1, 0.15) is 5.01 Å². The van der Waals surface area contributed by atoms with Gasteiger partial charge in [0.25, 0.3) is 0 Å². The Balaban J connectivity index is 2.02. The molecule has 1 amide bonds. The highest BCUT2D eigenvalue weighted by molar-refractivity contribution is 7.09. The maximum Gasteiger partial charge on any atom is 0.307 e. The van der Waals surface area contributed by atoms with Gasteiger partial charge in [-0.2, -0.15) is 0 Å². The topological polar surface area (TPSA) is 79.3 Å². The van der Waals surface area contributed by atoms with E-state index in [4.69, 9.17) is 0 Å². The average Bonchev–Trinajstić information content (AvgIpc) is 3.07. The van der Waals surface area contributed by atoms with Crippen LogP contribution in [0.1, 0.15) is 44.2 Å². The third kappa shape index (κ3) is 3.17. The maximum atomic E-state index is 12.3. The van der Waals surface area contributed by atoms with Crippen LogP contribution in [-0.4, -0.2) is 22.0 Å². The van der Waals surface area contributed by atoms with Gasteiger partial charge in [-0.1, -0.05) is 13.3 Å². The molecule has 1 saturated carbocycles. The lowest BCUT2D eigenvalue weighted by Crippen LogP contribution is -2.36. The molecule has 0 spiro atoms. The number of hydrogen-bond donors (Lipinski definition) is 2. The first kappa shape index (κ1) is 15.0. The second-order valence-corrected chi connectivity index (χ2v) is 6.32. The SMILES string of the molecule is CCC1CC(C(=O)O)C(C(=O)NC(C)c2nccs2)C1. The molecule has 0 radical (unpaired) electrons. The first-order valence-corrected chi connectivity index (χ1v) is 7.83. The summed E-state index contributed by atoms with van der Waals surface area (Å²) in [6.45, 7) is 3.92. The number of carboxylic acids is 1. The summed E-state index contributed by atoms with van der Waals surface area (Å²) in [6, 6.07) is -0.169. The molecule has 0 saturated heterocycles. The normalized spacial score (nSPS) is 27.2. The highest BCUT2D eigenvalue weighted by atomic mass is 32.1. The zero-order valence-corrected chi connectivity index (χ0v) is 12.5. The van der Waals surface area contributed by atoms with Gasteiger partial charge in [0, 0.05) is 11.6 Å². The van der Waals surface area contributed by atoms with Crippen LogP contribution in [0.4, 0.5) is 0 Å². The van der Waals surface area contributed by atoms with E-state index >= 15 is 0 Å². The molecule has 0 aromatic carbocycles. The Kier molecular flexibility index (Phi) is 4.75. The largest absolute Gasteiger partial charge is 0.481 e. The molecule has 1 aliphatic rings. The Hall–Kier alpha value is -1.43.